The average Bonchev–Trinajstić information content (AvgIpc) is 3.37. The molecule has 1 fully saturated rings. The van der Waals surface area contributed by atoms with E-state index in [0.29, 0.717) is 50.5 Å². The number of ether oxygens (including phenoxy) is 6. The summed E-state index contributed by atoms with van der Waals surface area (Å²) in [4.78, 5) is 18.1. The number of aliphatic hydroxyl groups excluding tert-OH is 2. The highest BCUT2D eigenvalue weighted by Gasteiger charge is 2.49. The van der Waals surface area contributed by atoms with Crippen LogP contribution >= 0.6 is 0 Å². The minimum Gasteiger partial charge on any atom is -0.491 e. The van der Waals surface area contributed by atoms with Crippen molar-refractivity contribution >= 4 is 12.6 Å². The van der Waals surface area contributed by atoms with E-state index in [0.717, 1.165) is 33.4 Å². The third kappa shape index (κ3) is 14.5. The molecule has 2 atom stereocenters. The van der Waals surface area contributed by atoms with Crippen LogP contribution in [0, 0.1) is 0 Å². The van der Waals surface area contributed by atoms with E-state index in [2.05, 4.69) is 39.5 Å². The van der Waals surface area contributed by atoms with Crippen LogP contribution in [0.2, 0.25) is 0 Å². The molecular formula is C43H54O10. The summed E-state index contributed by atoms with van der Waals surface area (Å²) in [5, 5.41) is 19.5. The van der Waals surface area contributed by atoms with E-state index in [9.17, 15) is 10.2 Å². The molecule has 0 bridgehead atoms. The lowest BCUT2D eigenvalue weighted by Crippen LogP contribution is -2.28. The molecule has 0 aromatic heterocycles. The minimum absolute atomic E-state index is 0.180. The van der Waals surface area contributed by atoms with Gasteiger partial charge in [0.2, 0.25) is 0 Å². The van der Waals surface area contributed by atoms with Gasteiger partial charge in [-0.2, -0.15) is 0 Å². The molecule has 0 amide bonds. The number of allylic oxidation sites excluding steroid dienone is 10. The normalized spacial score (nSPS) is 15.5. The van der Waals surface area contributed by atoms with E-state index in [1.165, 1.54) is 26.4 Å². The highest BCUT2D eigenvalue weighted by Crippen LogP contribution is 2.57. The number of benzene rings is 2. The molecule has 10 nitrogen and oxygen atoms in total. The zero-order valence-corrected chi connectivity index (χ0v) is 31.0. The molecule has 0 aliphatic heterocycles. The lowest BCUT2D eigenvalue weighted by Gasteiger charge is -2.34. The molecule has 0 radical (unpaired) electrons. The average molecular weight is 731 g/mol. The van der Waals surface area contributed by atoms with Crippen LogP contribution in [-0.4, -0.2) is 102 Å². The van der Waals surface area contributed by atoms with E-state index >= 15 is 0 Å². The van der Waals surface area contributed by atoms with Gasteiger partial charge in [-0.3, -0.25) is 9.59 Å². The van der Waals surface area contributed by atoms with Crippen molar-refractivity contribution in [3.63, 3.8) is 0 Å². The van der Waals surface area contributed by atoms with Crippen molar-refractivity contribution in [2.24, 2.45) is 0 Å². The SMILES string of the molecule is C=C/C=C1\C(=C)C(=C)/C(=C\C=C)C1(c1ccc(OCCOCC(O)COC)cc1)c1ccc(OCCOCC(O)COC)cc1.C=CC=O.C=CC=O. The van der Waals surface area contributed by atoms with Crippen LogP contribution in [0.15, 0.2) is 147 Å². The smallest absolute Gasteiger partial charge is 0.142 e. The quantitative estimate of drug-likeness (QED) is 0.0862. The molecule has 286 valence electrons. The Kier molecular flexibility index (Phi) is 23.3. The second-order valence-electron chi connectivity index (χ2n) is 11.2. The van der Waals surface area contributed by atoms with Crippen molar-refractivity contribution < 1.29 is 48.2 Å². The Morgan fingerprint density at radius 3 is 1.21 bits per heavy atom. The summed E-state index contributed by atoms with van der Waals surface area (Å²) in [5.41, 5.74) is 4.81. The number of hydrogen-bond acceptors (Lipinski definition) is 10. The molecule has 2 aromatic carbocycles. The maximum Gasteiger partial charge on any atom is 0.142 e. The maximum absolute atomic E-state index is 9.73. The van der Waals surface area contributed by atoms with E-state index < -0.39 is 17.6 Å². The number of carbonyl (C=O) groups is 2. The van der Waals surface area contributed by atoms with Crippen LogP contribution in [-0.2, 0) is 34.0 Å². The number of aldehydes is 2. The number of rotatable bonds is 22. The van der Waals surface area contributed by atoms with E-state index in [1.54, 1.807) is 12.2 Å². The Balaban J connectivity index is 0.00000159. The van der Waals surface area contributed by atoms with Crippen LogP contribution in [0.4, 0.5) is 0 Å². The first-order chi connectivity index (χ1) is 25.7. The Labute approximate surface area is 314 Å². The van der Waals surface area contributed by atoms with Crippen molar-refractivity contribution in [1.29, 1.82) is 0 Å². The Morgan fingerprint density at radius 1 is 0.585 bits per heavy atom. The summed E-state index contributed by atoms with van der Waals surface area (Å²) in [6.07, 6.45) is 9.83. The van der Waals surface area contributed by atoms with Gasteiger partial charge in [0.15, 0.2) is 0 Å². The molecule has 1 saturated carbocycles. The van der Waals surface area contributed by atoms with E-state index in [1.807, 2.05) is 60.7 Å². The molecular weight excluding hydrogens is 676 g/mol. The summed E-state index contributed by atoms with van der Waals surface area (Å²) in [6, 6.07) is 15.9. The Hall–Kier alpha value is -4.94. The number of hydrogen-bond donors (Lipinski definition) is 2. The highest BCUT2D eigenvalue weighted by molar-refractivity contribution is 5.79. The molecule has 53 heavy (non-hydrogen) atoms. The second kappa shape index (κ2) is 26.8. The van der Waals surface area contributed by atoms with Gasteiger partial charge >= 0.3 is 0 Å². The zero-order chi connectivity index (χ0) is 39.5. The lowest BCUT2D eigenvalue weighted by atomic mass is 9.67. The van der Waals surface area contributed by atoms with Gasteiger partial charge in [-0.1, -0.05) is 88.0 Å². The van der Waals surface area contributed by atoms with Crippen molar-refractivity contribution in [2.75, 3.05) is 67.1 Å². The van der Waals surface area contributed by atoms with Crippen molar-refractivity contribution in [1.82, 2.24) is 0 Å². The molecule has 1 aliphatic carbocycles. The van der Waals surface area contributed by atoms with Gasteiger partial charge in [0.25, 0.3) is 0 Å². The predicted molar refractivity (Wildman–Crippen MR) is 209 cm³/mol. The zero-order valence-electron chi connectivity index (χ0n) is 31.0. The number of methoxy groups -OCH3 is 2. The minimum atomic E-state index is -0.741. The Morgan fingerprint density at radius 2 is 0.925 bits per heavy atom. The lowest BCUT2D eigenvalue weighted by molar-refractivity contribution is -0.104. The van der Waals surface area contributed by atoms with Crippen LogP contribution in [0.5, 0.6) is 11.5 Å². The first kappa shape index (κ1) is 46.1. The fourth-order valence-electron chi connectivity index (χ4n) is 5.36. The molecule has 2 aromatic rings. The van der Waals surface area contributed by atoms with Gasteiger partial charge in [0, 0.05) is 14.2 Å². The summed E-state index contributed by atoms with van der Waals surface area (Å²) in [7, 11) is 3.07. The predicted octanol–water partition coefficient (Wildman–Crippen LogP) is 5.87. The van der Waals surface area contributed by atoms with Gasteiger partial charge in [-0.15, -0.1) is 0 Å². The largest absolute Gasteiger partial charge is 0.491 e. The molecule has 10 heteroatoms. The highest BCUT2D eigenvalue weighted by atomic mass is 16.5. The third-order valence-corrected chi connectivity index (χ3v) is 7.49. The molecule has 1 aliphatic rings. The van der Waals surface area contributed by atoms with Crippen LogP contribution in [0.1, 0.15) is 11.1 Å². The number of aliphatic hydroxyl groups is 2. The molecule has 3 rings (SSSR count). The molecule has 2 unspecified atom stereocenters. The fraction of sp³-hybridized carbons (Fsp3) is 0.302. The maximum atomic E-state index is 9.73. The molecule has 0 heterocycles. The number of carbonyl (C=O) groups excluding carboxylic acids is 2. The summed E-state index contributed by atoms with van der Waals surface area (Å²) in [5.74, 6) is 1.38. The third-order valence-electron chi connectivity index (χ3n) is 7.49. The van der Waals surface area contributed by atoms with Crippen LogP contribution in [0.25, 0.3) is 0 Å². The van der Waals surface area contributed by atoms with E-state index in [-0.39, 0.29) is 26.4 Å². The topological polar surface area (TPSA) is 130 Å². The van der Waals surface area contributed by atoms with Gasteiger partial charge in [0.05, 0.1) is 45.1 Å². The van der Waals surface area contributed by atoms with E-state index in [4.69, 9.17) is 38.0 Å². The summed E-state index contributed by atoms with van der Waals surface area (Å²) >= 11 is 0. The van der Waals surface area contributed by atoms with Gasteiger partial charge in [-0.05, 0) is 69.8 Å². The summed E-state index contributed by atoms with van der Waals surface area (Å²) < 4.78 is 32.6. The molecule has 0 saturated heterocycles. The first-order valence-corrected chi connectivity index (χ1v) is 16.8. The van der Waals surface area contributed by atoms with Gasteiger partial charge in [-0.25, -0.2) is 0 Å². The second-order valence-corrected chi connectivity index (χ2v) is 11.2. The monoisotopic (exact) mass is 730 g/mol. The van der Waals surface area contributed by atoms with Crippen molar-refractivity contribution in [3.8, 4) is 11.5 Å². The first-order valence-electron chi connectivity index (χ1n) is 16.8. The standard InChI is InChI=1S/C37H46O8.2C3H4O/c1-7-9-35-27(3)28(4)36(10-8-2)37(35,29-11-15-33(16-12-29)44-21-19-42-25-31(38)23-40-5)30-13-17-34(18-14-30)45-22-20-43-26-32(39)24-41-6;2*1-2-3-4/h7-18,31-32,38-39H,1-4,19-26H2,5-6H3;2*2-3H,1H2/b35-9+,36-10+;;. The molecule has 2 N–H and O–H groups in total. The van der Waals surface area contributed by atoms with Crippen LogP contribution in [0.3, 0.4) is 0 Å². The van der Waals surface area contributed by atoms with Crippen molar-refractivity contribution in [2.45, 2.75) is 17.6 Å². The molecule has 0 spiro atoms. The van der Waals surface area contributed by atoms with Gasteiger partial charge in [0.1, 0.15) is 49.5 Å². The Bertz CT molecular complexity index is 1390. The fourth-order valence-corrected chi connectivity index (χ4v) is 5.36. The summed E-state index contributed by atoms with van der Waals surface area (Å²) in [6.45, 7) is 25.1. The van der Waals surface area contributed by atoms with Crippen molar-refractivity contribution in [3.05, 3.63) is 158 Å². The van der Waals surface area contributed by atoms with Crippen LogP contribution < -0.4 is 9.47 Å². The van der Waals surface area contributed by atoms with Gasteiger partial charge < -0.3 is 38.6 Å².